The Labute approximate surface area is 161 Å². The van der Waals surface area contributed by atoms with E-state index in [9.17, 15) is 4.79 Å². The molecule has 0 aliphatic carbocycles. The van der Waals surface area contributed by atoms with Crippen molar-refractivity contribution in [2.45, 2.75) is 6.04 Å². The minimum absolute atomic E-state index is 0.0250. The van der Waals surface area contributed by atoms with E-state index >= 15 is 0 Å². The number of carbonyl (C=O) groups is 1. The number of rotatable bonds is 5. The fraction of sp³-hybridized carbons (Fsp3) is 0.316. The van der Waals surface area contributed by atoms with Gasteiger partial charge in [0.1, 0.15) is 0 Å². The summed E-state index contributed by atoms with van der Waals surface area (Å²) in [7, 11) is 0. The Morgan fingerprint density at radius 2 is 1.84 bits per heavy atom. The number of ether oxygens (including phenoxy) is 1. The van der Waals surface area contributed by atoms with Crippen LogP contribution < -0.4 is 5.32 Å². The van der Waals surface area contributed by atoms with Crippen molar-refractivity contribution in [2.24, 2.45) is 0 Å². The predicted octanol–water partition coefficient (Wildman–Crippen LogP) is 3.91. The average Bonchev–Trinajstić information content (AvgIpc) is 2.64. The summed E-state index contributed by atoms with van der Waals surface area (Å²) in [5, 5.41) is 3.77. The van der Waals surface area contributed by atoms with Gasteiger partial charge >= 0.3 is 0 Å². The van der Waals surface area contributed by atoms with E-state index in [0.29, 0.717) is 25.3 Å². The van der Waals surface area contributed by atoms with Crippen LogP contribution in [-0.2, 0) is 4.74 Å². The zero-order chi connectivity index (χ0) is 17.6. The Kier molecular flexibility index (Phi) is 6.48. The molecule has 1 amide bonds. The number of morpholine rings is 1. The Morgan fingerprint density at radius 1 is 1.16 bits per heavy atom. The number of nitrogens with one attached hydrogen (secondary N) is 1. The van der Waals surface area contributed by atoms with Crippen LogP contribution >= 0.6 is 27.5 Å². The van der Waals surface area contributed by atoms with Crippen molar-refractivity contribution in [1.29, 1.82) is 0 Å². The normalized spacial score (nSPS) is 16.4. The van der Waals surface area contributed by atoms with Gasteiger partial charge in [-0.15, -0.1) is 0 Å². The highest BCUT2D eigenvalue weighted by Crippen LogP contribution is 2.27. The fourth-order valence-corrected chi connectivity index (χ4v) is 3.49. The summed E-state index contributed by atoms with van der Waals surface area (Å²) < 4.78 is 6.41. The van der Waals surface area contributed by atoms with Gasteiger partial charge in [0.2, 0.25) is 0 Å². The summed E-state index contributed by atoms with van der Waals surface area (Å²) in [6, 6.07) is 15.2. The van der Waals surface area contributed by atoms with Crippen molar-refractivity contribution in [3.63, 3.8) is 0 Å². The third kappa shape index (κ3) is 4.82. The second-order valence-corrected chi connectivity index (χ2v) is 7.23. The van der Waals surface area contributed by atoms with Crippen LogP contribution in [0.5, 0.6) is 0 Å². The molecule has 1 aliphatic rings. The molecule has 0 saturated carbocycles. The monoisotopic (exact) mass is 422 g/mol. The lowest BCUT2D eigenvalue weighted by Gasteiger charge is -2.35. The van der Waals surface area contributed by atoms with Gasteiger partial charge in [0.05, 0.1) is 19.3 Å². The SMILES string of the molecule is O=C(NCC(c1ccccc1Cl)N1CCOCC1)c1ccc(Br)cc1. The van der Waals surface area contributed by atoms with Crippen molar-refractivity contribution >= 4 is 33.4 Å². The molecule has 2 aromatic rings. The van der Waals surface area contributed by atoms with Gasteiger partial charge in [0, 0.05) is 34.7 Å². The van der Waals surface area contributed by atoms with Crippen LogP contribution in [0.15, 0.2) is 53.0 Å². The summed E-state index contributed by atoms with van der Waals surface area (Å²) in [6.45, 7) is 3.54. The summed E-state index contributed by atoms with van der Waals surface area (Å²) in [6.07, 6.45) is 0. The molecule has 2 aromatic carbocycles. The van der Waals surface area contributed by atoms with Gasteiger partial charge in [-0.1, -0.05) is 45.7 Å². The molecule has 1 aliphatic heterocycles. The number of nitrogens with zero attached hydrogens (tertiary/aromatic N) is 1. The zero-order valence-corrected chi connectivity index (χ0v) is 16.1. The maximum Gasteiger partial charge on any atom is 0.251 e. The number of amides is 1. The first-order valence-corrected chi connectivity index (χ1v) is 9.42. The largest absolute Gasteiger partial charge is 0.379 e. The van der Waals surface area contributed by atoms with Crippen molar-refractivity contribution in [2.75, 3.05) is 32.8 Å². The number of benzene rings is 2. The lowest BCUT2D eigenvalue weighted by molar-refractivity contribution is 0.0162. The first-order chi connectivity index (χ1) is 12.1. The Morgan fingerprint density at radius 3 is 2.52 bits per heavy atom. The molecule has 0 spiro atoms. The van der Waals surface area contributed by atoms with Gasteiger partial charge in [-0.2, -0.15) is 0 Å². The van der Waals surface area contributed by atoms with Gasteiger partial charge in [0.15, 0.2) is 0 Å². The van der Waals surface area contributed by atoms with Crippen molar-refractivity contribution in [3.05, 3.63) is 69.2 Å². The van der Waals surface area contributed by atoms with Crippen LogP contribution in [0, 0.1) is 0 Å². The van der Waals surface area contributed by atoms with Crippen molar-refractivity contribution in [1.82, 2.24) is 10.2 Å². The van der Waals surface area contributed by atoms with Crippen molar-refractivity contribution < 1.29 is 9.53 Å². The highest BCUT2D eigenvalue weighted by molar-refractivity contribution is 9.10. The molecule has 1 fully saturated rings. The molecule has 25 heavy (non-hydrogen) atoms. The Hall–Kier alpha value is -1.40. The van der Waals surface area contributed by atoms with E-state index < -0.39 is 0 Å². The molecule has 6 heteroatoms. The molecule has 4 nitrogen and oxygen atoms in total. The highest BCUT2D eigenvalue weighted by atomic mass is 79.9. The molecule has 1 atom stereocenters. The standard InChI is InChI=1S/C19H20BrClN2O2/c20-15-7-5-14(6-8-15)19(24)22-13-18(23-9-11-25-12-10-23)16-3-1-2-4-17(16)21/h1-8,18H,9-13H2,(H,22,24). The van der Waals surface area contributed by atoms with Gasteiger partial charge in [0.25, 0.3) is 5.91 Å². The second-order valence-electron chi connectivity index (χ2n) is 5.90. The van der Waals surface area contributed by atoms with Crippen molar-refractivity contribution in [3.8, 4) is 0 Å². The third-order valence-electron chi connectivity index (χ3n) is 4.31. The number of hydrogen-bond acceptors (Lipinski definition) is 3. The first-order valence-electron chi connectivity index (χ1n) is 8.25. The zero-order valence-electron chi connectivity index (χ0n) is 13.8. The van der Waals surface area contributed by atoms with E-state index in [1.807, 2.05) is 36.4 Å². The molecule has 132 valence electrons. The number of hydrogen-bond donors (Lipinski definition) is 1. The molecule has 1 unspecified atom stereocenters. The third-order valence-corrected chi connectivity index (χ3v) is 5.19. The van der Waals surface area contributed by atoms with Crippen LogP contribution in [0.3, 0.4) is 0 Å². The Balaban J connectivity index is 1.74. The Bertz CT molecular complexity index is 718. The second kappa shape index (κ2) is 8.81. The van der Waals surface area contributed by atoms with E-state index in [1.165, 1.54) is 0 Å². The van der Waals surface area contributed by atoms with Gasteiger partial charge < -0.3 is 10.1 Å². The van der Waals surface area contributed by atoms with Crippen LogP contribution in [0.1, 0.15) is 22.0 Å². The number of halogens is 2. The fourth-order valence-electron chi connectivity index (χ4n) is 2.96. The summed E-state index contributed by atoms with van der Waals surface area (Å²) in [4.78, 5) is 14.8. The minimum atomic E-state index is -0.0854. The molecule has 0 aromatic heterocycles. The molecular formula is C19H20BrClN2O2. The average molecular weight is 424 g/mol. The van der Waals surface area contributed by atoms with Gasteiger partial charge in [-0.3, -0.25) is 9.69 Å². The molecule has 1 N–H and O–H groups in total. The molecule has 1 saturated heterocycles. The molecule has 0 radical (unpaired) electrons. The lowest BCUT2D eigenvalue weighted by Crippen LogP contribution is -2.44. The molecule has 3 rings (SSSR count). The summed E-state index contributed by atoms with van der Waals surface area (Å²) in [5.74, 6) is -0.0854. The van der Waals surface area contributed by atoms with E-state index in [1.54, 1.807) is 12.1 Å². The summed E-state index contributed by atoms with van der Waals surface area (Å²) in [5.41, 5.74) is 1.67. The topological polar surface area (TPSA) is 41.6 Å². The molecule has 1 heterocycles. The van der Waals surface area contributed by atoms with Crippen LogP contribution in [0.25, 0.3) is 0 Å². The lowest BCUT2D eigenvalue weighted by atomic mass is 10.0. The summed E-state index contributed by atoms with van der Waals surface area (Å²) >= 11 is 9.79. The van der Waals surface area contributed by atoms with E-state index in [4.69, 9.17) is 16.3 Å². The number of carbonyl (C=O) groups excluding carboxylic acids is 1. The quantitative estimate of drug-likeness (QED) is 0.793. The maximum absolute atomic E-state index is 12.5. The minimum Gasteiger partial charge on any atom is -0.379 e. The molecule has 0 bridgehead atoms. The predicted molar refractivity (Wildman–Crippen MR) is 103 cm³/mol. The van der Waals surface area contributed by atoms with E-state index in [2.05, 4.69) is 26.1 Å². The van der Waals surface area contributed by atoms with Crippen LogP contribution in [0.2, 0.25) is 5.02 Å². The maximum atomic E-state index is 12.5. The smallest absolute Gasteiger partial charge is 0.251 e. The van der Waals surface area contributed by atoms with E-state index in [-0.39, 0.29) is 11.9 Å². The van der Waals surface area contributed by atoms with Crippen LogP contribution in [-0.4, -0.2) is 43.7 Å². The highest BCUT2D eigenvalue weighted by Gasteiger charge is 2.25. The van der Waals surface area contributed by atoms with Crippen LogP contribution in [0.4, 0.5) is 0 Å². The van der Waals surface area contributed by atoms with Gasteiger partial charge in [-0.25, -0.2) is 0 Å². The van der Waals surface area contributed by atoms with Gasteiger partial charge in [-0.05, 0) is 35.9 Å². The van der Waals surface area contributed by atoms with E-state index in [0.717, 1.165) is 28.1 Å². The first kappa shape index (κ1) is 18.4. The molecular weight excluding hydrogens is 404 g/mol.